The van der Waals surface area contributed by atoms with E-state index in [0.29, 0.717) is 13.0 Å². The molecule has 0 heterocycles. The van der Waals surface area contributed by atoms with Crippen LogP contribution in [0.2, 0.25) is 0 Å². The molecule has 0 spiro atoms. The Morgan fingerprint density at radius 2 is 2.00 bits per heavy atom. The number of rotatable bonds is 8. The average Bonchev–Trinajstić information content (AvgIpc) is 2.41. The summed E-state index contributed by atoms with van der Waals surface area (Å²) in [6.07, 6.45) is 2.34. The summed E-state index contributed by atoms with van der Waals surface area (Å²) in [6, 6.07) is 10.2. The number of benzene rings is 1. The lowest BCUT2D eigenvalue weighted by Crippen LogP contribution is -2.25. The summed E-state index contributed by atoms with van der Waals surface area (Å²) in [5.41, 5.74) is 4.97. The standard InChI is InChI=1S/C15H22N2O2/c1-13(11-16-19-3)17(10-9-14(2)18)12-15-7-5-4-6-8-15/h4-8,11,16H,9-10,12H2,1-3H3. The molecule has 0 aliphatic heterocycles. The van der Waals surface area contributed by atoms with E-state index in [1.165, 1.54) is 5.56 Å². The van der Waals surface area contributed by atoms with Crippen molar-refractivity contribution in [1.29, 1.82) is 0 Å². The van der Waals surface area contributed by atoms with Gasteiger partial charge in [-0.2, -0.15) is 0 Å². The average molecular weight is 262 g/mol. The topological polar surface area (TPSA) is 41.6 Å². The second-order valence-electron chi connectivity index (χ2n) is 4.47. The third-order valence-electron chi connectivity index (χ3n) is 2.83. The van der Waals surface area contributed by atoms with E-state index >= 15 is 0 Å². The molecule has 0 saturated heterocycles. The fraction of sp³-hybridized carbons (Fsp3) is 0.400. The number of allylic oxidation sites excluding steroid dienone is 1. The van der Waals surface area contributed by atoms with Crippen molar-refractivity contribution < 1.29 is 9.63 Å². The molecular formula is C15H22N2O2. The van der Waals surface area contributed by atoms with Crippen molar-refractivity contribution in [2.75, 3.05) is 13.7 Å². The zero-order chi connectivity index (χ0) is 14.1. The summed E-state index contributed by atoms with van der Waals surface area (Å²) >= 11 is 0. The smallest absolute Gasteiger partial charge is 0.131 e. The predicted octanol–water partition coefficient (Wildman–Crippen LogP) is 2.48. The van der Waals surface area contributed by atoms with Gasteiger partial charge in [-0.15, -0.1) is 0 Å². The Bertz CT molecular complexity index is 415. The lowest BCUT2D eigenvalue weighted by molar-refractivity contribution is -0.117. The highest BCUT2D eigenvalue weighted by Crippen LogP contribution is 2.11. The second kappa shape index (κ2) is 8.32. The lowest BCUT2D eigenvalue weighted by Gasteiger charge is -2.25. The van der Waals surface area contributed by atoms with Gasteiger partial charge in [0.25, 0.3) is 0 Å². The van der Waals surface area contributed by atoms with E-state index < -0.39 is 0 Å². The van der Waals surface area contributed by atoms with E-state index in [-0.39, 0.29) is 5.78 Å². The second-order valence-corrected chi connectivity index (χ2v) is 4.47. The van der Waals surface area contributed by atoms with Gasteiger partial charge in [-0.3, -0.25) is 15.1 Å². The molecule has 0 amide bonds. The van der Waals surface area contributed by atoms with Gasteiger partial charge in [-0.1, -0.05) is 30.3 Å². The van der Waals surface area contributed by atoms with Gasteiger partial charge in [-0.25, -0.2) is 0 Å². The fourth-order valence-electron chi connectivity index (χ4n) is 1.71. The molecule has 4 heteroatoms. The van der Waals surface area contributed by atoms with Crippen LogP contribution in [0.25, 0.3) is 0 Å². The van der Waals surface area contributed by atoms with Gasteiger partial charge in [-0.05, 0) is 19.4 Å². The number of carbonyl (C=O) groups is 1. The molecule has 0 aliphatic rings. The molecule has 19 heavy (non-hydrogen) atoms. The maximum atomic E-state index is 11.2. The molecule has 1 N–H and O–H groups in total. The van der Waals surface area contributed by atoms with Crippen LogP contribution in [-0.4, -0.2) is 24.3 Å². The van der Waals surface area contributed by atoms with Gasteiger partial charge in [0, 0.05) is 31.4 Å². The molecule has 0 fully saturated rings. The molecule has 0 radical (unpaired) electrons. The van der Waals surface area contributed by atoms with E-state index in [1.54, 1.807) is 20.2 Å². The van der Waals surface area contributed by atoms with E-state index in [0.717, 1.165) is 12.2 Å². The third-order valence-corrected chi connectivity index (χ3v) is 2.83. The minimum atomic E-state index is 0.200. The largest absolute Gasteiger partial charge is 0.369 e. The summed E-state index contributed by atoms with van der Waals surface area (Å²) in [6.45, 7) is 5.10. The van der Waals surface area contributed by atoms with Crippen molar-refractivity contribution in [2.24, 2.45) is 0 Å². The van der Waals surface area contributed by atoms with Crippen molar-refractivity contribution in [3.05, 3.63) is 47.8 Å². The first-order chi connectivity index (χ1) is 9.13. The third kappa shape index (κ3) is 6.06. The first kappa shape index (κ1) is 15.2. The maximum Gasteiger partial charge on any atom is 0.131 e. The number of ketones is 1. The SMILES string of the molecule is CONC=C(C)N(CCC(C)=O)Cc1ccccc1. The summed E-state index contributed by atoms with van der Waals surface area (Å²) in [7, 11) is 1.57. The molecule has 1 aromatic rings. The van der Waals surface area contributed by atoms with Gasteiger partial charge >= 0.3 is 0 Å². The van der Waals surface area contributed by atoms with Crippen molar-refractivity contribution in [2.45, 2.75) is 26.8 Å². The van der Waals surface area contributed by atoms with Crippen LogP contribution >= 0.6 is 0 Å². The summed E-state index contributed by atoms with van der Waals surface area (Å²) < 4.78 is 0. The van der Waals surface area contributed by atoms with Crippen LogP contribution in [-0.2, 0) is 16.2 Å². The normalized spacial score (nSPS) is 11.2. The molecular weight excluding hydrogens is 240 g/mol. The van der Waals surface area contributed by atoms with Crippen LogP contribution in [0.4, 0.5) is 0 Å². The van der Waals surface area contributed by atoms with Crippen LogP contribution in [0.15, 0.2) is 42.2 Å². The maximum absolute atomic E-state index is 11.2. The number of hydrogen-bond acceptors (Lipinski definition) is 4. The number of hydroxylamine groups is 1. The Balaban J connectivity index is 2.71. The van der Waals surface area contributed by atoms with Gasteiger partial charge in [0.15, 0.2) is 0 Å². The number of nitrogens with zero attached hydrogens (tertiary/aromatic N) is 1. The number of nitrogens with one attached hydrogen (secondary N) is 1. The fourth-order valence-corrected chi connectivity index (χ4v) is 1.71. The minimum absolute atomic E-state index is 0.200. The number of hydrogen-bond donors (Lipinski definition) is 1. The van der Waals surface area contributed by atoms with Gasteiger partial charge < -0.3 is 4.90 Å². The van der Waals surface area contributed by atoms with E-state index in [2.05, 4.69) is 22.5 Å². The van der Waals surface area contributed by atoms with Crippen LogP contribution in [0.1, 0.15) is 25.8 Å². The summed E-state index contributed by atoms with van der Waals surface area (Å²) in [4.78, 5) is 18.1. The molecule has 1 rings (SSSR count). The Morgan fingerprint density at radius 3 is 2.58 bits per heavy atom. The highest BCUT2D eigenvalue weighted by molar-refractivity contribution is 5.75. The monoisotopic (exact) mass is 262 g/mol. The van der Waals surface area contributed by atoms with Crippen molar-refractivity contribution >= 4 is 5.78 Å². The Hall–Kier alpha value is -1.81. The van der Waals surface area contributed by atoms with Gasteiger partial charge in [0.05, 0.1) is 7.11 Å². The summed E-state index contributed by atoms with van der Waals surface area (Å²) in [5, 5.41) is 0. The van der Waals surface area contributed by atoms with Crippen molar-refractivity contribution in [3.63, 3.8) is 0 Å². The van der Waals surface area contributed by atoms with Crippen molar-refractivity contribution in [3.8, 4) is 0 Å². The van der Waals surface area contributed by atoms with Gasteiger partial charge in [0.2, 0.25) is 0 Å². The van der Waals surface area contributed by atoms with E-state index in [4.69, 9.17) is 4.84 Å². The van der Waals surface area contributed by atoms with Crippen LogP contribution < -0.4 is 5.48 Å². The number of Topliss-reactive ketones (excluding diaryl/α,β-unsaturated/α-hetero) is 1. The predicted molar refractivity (Wildman–Crippen MR) is 76.1 cm³/mol. The minimum Gasteiger partial charge on any atom is -0.369 e. The molecule has 4 nitrogen and oxygen atoms in total. The first-order valence-corrected chi connectivity index (χ1v) is 6.37. The van der Waals surface area contributed by atoms with E-state index in [1.807, 2.05) is 25.1 Å². The summed E-state index contributed by atoms with van der Waals surface area (Å²) in [5.74, 6) is 0.200. The molecule has 0 aromatic heterocycles. The molecule has 0 unspecified atom stereocenters. The molecule has 0 bridgehead atoms. The number of carbonyl (C=O) groups excluding carboxylic acids is 1. The van der Waals surface area contributed by atoms with Crippen LogP contribution in [0.3, 0.4) is 0 Å². The van der Waals surface area contributed by atoms with Crippen LogP contribution in [0, 0.1) is 0 Å². The highest BCUT2D eigenvalue weighted by Gasteiger charge is 2.07. The van der Waals surface area contributed by atoms with Crippen LogP contribution in [0.5, 0.6) is 0 Å². The molecule has 0 atom stereocenters. The molecule has 1 aromatic carbocycles. The Morgan fingerprint density at radius 1 is 1.32 bits per heavy atom. The molecule has 104 valence electrons. The Labute approximate surface area is 115 Å². The Kier molecular flexibility index (Phi) is 6.68. The molecule has 0 aliphatic carbocycles. The van der Waals surface area contributed by atoms with Gasteiger partial charge in [0.1, 0.15) is 5.78 Å². The molecule has 0 saturated carbocycles. The lowest BCUT2D eigenvalue weighted by atomic mass is 10.2. The zero-order valence-electron chi connectivity index (χ0n) is 11.8. The quantitative estimate of drug-likeness (QED) is 0.731. The first-order valence-electron chi connectivity index (χ1n) is 6.37. The zero-order valence-corrected chi connectivity index (χ0v) is 11.8. The van der Waals surface area contributed by atoms with E-state index in [9.17, 15) is 4.79 Å². The highest BCUT2D eigenvalue weighted by atomic mass is 16.6. The van der Waals surface area contributed by atoms with Crippen molar-refractivity contribution in [1.82, 2.24) is 10.4 Å².